The van der Waals surface area contributed by atoms with Gasteiger partial charge in [0.2, 0.25) is 5.91 Å². The van der Waals surface area contributed by atoms with E-state index in [-0.39, 0.29) is 24.8 Å². The second-order valence-electron chi connectivity index (χ2n) is 6.29. The number of carbonyl (C=O) groups is 2. The molecule has 2 amide bonds. The van der Waals surface area contributed by atoms with Crippen molar-refractivity contribution in [2.75, 3.05) is 6.54 Å². The van der Waals surface area contributed by atoms with Crippen molar-refractivity contribution in [3.8, 4) is 0 Å². The van der Waals surface area contributed by atoms with Crippen molar-refractivity contribution in [3.63, 3.8) is 0 Å². The van der Waals surface area contributed by atoms with Gasteiger partial charge < -0.3 is 15.2 Å². The molecule has 2 N–H and O–H groups in total. The van der Waals surface area contributed by atoms with E-state index < -0.39 is 11.9 Å². The summed E-state index contributed by atoms with van der Waals surface area (Å²) >= 11 is 0. The maximum absolute atomic E-state index is 14.3. The molecule has 7 heteroatoms. The molecule has 0 aliphatic carbocycles. The van der Waals surface area contributed by atoms with Crippen molar-refractivity contribution in [1.82, 2.24) is 20.2 Å². The molecule has 0 saturated heterocycles. The molecule has 0 aliphatic heterocycles. The van der Waals surface area contributed by atoms with Gasteiger partial charge in [-0.05, 0) is 18.2 Å². The average Bonchev–Trinajstić information content (AvgIpc) is 3.13. The fraction of sp³-hybridized carbons (Fsp3) is 0.190. The van der Waals surface area contributed by atoms with Crippen LogP contribution >= 0.6 is 0 Å². The Hall–Kier alpha value is -3.48. The molecule has 1 atom stereocenters. The minimum absolute atomic E-state index is 0.0634. The topological polar surface area (TPSA) is 76.0 Å². The van der Waals surface area contributed by atoms with E-state index >= 15 is 0 Å². The minimum atomic E-state index is -0.724. The quantitative estimate of drug-likeness (QED) is 0.662. The number of benzene rings is 2. The highest BCUT2D eigenvalue weighted by Crippen LogP contribution is 2.23. The Kier molecular flexibility index (Phi) is 6.16. The normalized spacial score (nSPS) is 11.6. The Labute approximate surface area is 162 Å². The first kappa shape index (κ1) is 19.3. The van der Waals surface area contributed by atoms with Crippen LogP contribution in [0, 0.1) is 5.82 Å². The molecular weight excluding hydrogens is 359 g/mol. The highest BCUT2D eigenvalue weighted by Gasteiger charge is 2.23. The molecule has 0 bridgehead atoms. The molecule has 0 fully saturated rings. The predicted octanol–water partition coefficient (Wildman–Crippen LogP) is 2.58. The smallest absolute Gasteiger partial charge is 0.251 e. The van der Waals surface area contributed by atoms with Crippen molar-refractivity contribution >= 4 is 11.8 Å². The van der Waals surface area contributed by atoms with Gasteiger partial charge in [-0.15, -0.1) is 0 Å². The maximum atomic E-state index is 14.3. The van der Waals surface area contributed by atoms with E-state index in [0.29, 0.717) is 17.0 Å². The monoisotopic (exact) mass is 380 g/mol. The Morgan fingerprint density at radius 3 is 2.50 bits per heavy atom. The minimum Gasteiger partial charge on any atom is -0.352 e. The number of nitrogens with one attached hydrogen (secondary N) is 2. The first-order valence-corrected chi connectivity index (χ1v) is 8.90. The molecule has 3 rings (SSSR count). The van der Waals surface area contributed by atoms with Crippen LogP contribution < -0.4 is 10.6 Å². The summed E-state index contributed by atoms with van der Waals surface area (Å²) in [5.41, 5.74) is 0.860. The Balaban J connectivity index is 1.64. The largest absolute Gasteiger partial charge is 0.352 e. The van der Waals surface area contributed by atoms with Gasteiger partial charge >= 0.3 is 0 Å². The standard InChI is InChI=1S/C21H21FN4O2/c1-26-14-13-23-20(26)19(16-9-5-6-10-17(16)22)25-18(27)11-12-24-21(28)15-7-3-2-4-8-15/h2-10,13-14,19H,11-12H2,1H3,(H,24,28)(H,25,27)/t19-/m0/s1. The molecule has 2 aromatic carbocycles. The zero-order valence-electron chi connectivity index (χ0n) is 15.4. The van der Waals surface area contributed by atoms with Crippen molar-refractivity contribution < 1.29 is 14.0 Å². The van der Waals surface area contributed by atoms with E-state index in [2.05, 4.69) is 15.6 Å². The number of carbonyl (C=O) groups excluding carboxylic acids is 2. The molecular formula is C21H21FN4O2. The van der Waals surface area contributed by atoms with E-state index in [1.165, 1.54) is 6.07 Å². The third-order valence-electron chi connectivity index (χ3n) is 4.31. The summed E-state index contributed by atoms with van der Waals surface area (Å²) in [5, 5.41) is 5.52. The molecule has 0 aliphatic rings. The summed E-state index contributed by atoms with van der Waals surface area (Å²) in [5.74, 6) is -0.465. The van der Waals surface area contributed by atoms with Crippen LogP contribution in [-0.4, -0.2) is 27.9 Å². The number of aryl methyl sites for hydroxylation is 1. The van der Waals surface area contributed by atoms with Crippen LogP contribution in [0.4, 0.5) is 4.39 Å². The first-order chi connectivity index (χ1) is 13.6. The second kappa shape index (κ2) is 8.94. The van der Waals surface area contributed by atoms with Crippen molar-refractivity contribution in [2.45, 2.75) is 12.5 Å². The van der Waals surface area contributed by atoms with Crippen LogP contribution in [0.15, 0.2) is 67.0 Å². The Morgan fingerprint density at radius 2 is 1.82 bits per heavy atom. The highest BCUT2D eigenvalue weighted by atomic mass is 19.1. The van der Waals surface area contributed by atoms with Gasteiger partial charge in [0.15, 0.2) is 0 Å². The number of aromatic nitrogens is 2. The van der Waals surface area contributed by atoms with Crippen molar-refractivity contribution in [2.24, 2.45) is 7.05 Å². The van der Waals surface area contributed by atoms with E-state index in [9.17, 15) is 14.0 Å². The van der Waals surface area contributed by atoms with Gasteiger partial charge in [-0.1, -0.05) is 36.4 Å². The molecule has 0 unspecified atom stereocenters. The molecule has 6 nitrogen and oxygen atoms in total. The molecule has 3 aromatic rings. The van der Waals surface area contributed by atoms with Gasteiger partial charge in [0, 0.05) is 43.5 Å². The second-order valence-corrected chi connectivity index (χ2v) is 6.29. The van der Waals surface area contributed by atoms with Gasteiger partial charge in [0.25, 0.3) is 5.91 Å². The van der Waals surface area contributed by atoms with Crippen LogP contribution in [0.5, 0.6) is 0 Å². The highest BCUT2D eigenvalue weighted by molar-refractivity contribution is 5.94. The third kappa shape index (κ3) is 4.62. The maximum Gasteiger partial charge on any atom is 0.251 e. The number of rotatable bonds is 7. The summed E-state index contributed by atoms with van der Waals surface area (Å²) < 4.78 is 16.0. The number of hydrogen-bond donors (Lipinski definition) is 2. The van der Waals surface area contributed by atoms with Gasteiger partial charge in [-0.25, -0.2) is 9.37 Å². The average molecular weight is 380 g/mol. The van der Waals surface area contributed by atoms with E-state index in [4.69, 9.17) is 0 Å². The Morgan fingerprint density at radius 1 is 1.11 bits per heavy atom. The summed E-state index contributed by atoms with van der Waals surface area (Å²) in [7, 11) is 1.78. The van der Waals surface area contributed by atoms with Crippen molar-refractivity contribution in [1.29, 1.82) is 0 Å². The summed E-state index contributed by atoms with van der Waals surface area (Å²) in [6, 6.07) is 14.3. The summed E-state index contributed by atoms with van der Waals surface area (Å²) in [6.07, 6.45) is 3.39. The lowest BCUT2D eigenvalue weighted by molar-refractivity contribution is -0.121. The summed E-state index contributed by atoms with van der Waals surface area (Å²) in [4.78, 5) is 28.7. The molecule has 0 radical (unpaired) electrons. The van der Waals surface area contributed by atoms with E-state index in [1.807, 2.05) is 6.07 Å². The predicted molar refractivity (Wildman–Crippen MR) is 103 cm³/mol. The third-order valence-corrected chi connectivity index (χ3v) is 4.31. The number of halogens is 1. The van der Waals surface area contributed by atoms with Gasteiger partial charge in [0.05, 0.1) is 0 Å². The fourth-order valence-electron chi connectivity index (χ4n) is 2.86. The zero-order chi connectivity index (χ0) is 19.9. The van der Waals surface area contributed by atoms with Crippen LogP contribution in [0.1, 0.15) is 34.2 Å². The first-order valence-electron chi connectivity index (χ1n) is 8.90. The summed E-state index contributed by atoms with van der Waals surface area (Å²) in [6.45, 7) is 0.171. The number of hydrogen-bond acceptors (Lipinski definition) is 3. The molecule has 1 aromatic heterocycles. The molecule has 0 spiro atoms. The fourth-order valence-corrected chi connectivity index (χ4v) is 2.86. The van der Waals surface area contributed by atoms with Crippen LogP contribution in [0.2, 0.25) is 0 Å². The lowest BCUT2D eigenvalue weighted by Crippen LogP contribution is -2.34. The van der Waals surface area contributed by atoms with E-state index in [1.54, 1.807) is 66.5 Å². The van der Waals surface area contributed by atoms with Crippen LogP contribution in [0.25, 0.3) is 0 Å². The van der Waals surface area contributed by atoms with Gasteiger partial charge in [-0.2, -0.15) is 0 Å². The Bertz CT molecular complexity index is 956. The van der Waals surface area contributed by atoms with Gasteiger partial charge in [0.1, 0.15) is 17.7 Å². The number of nitrogens with zero attached hydrogens (tertiary/aromatic N) is 2. The van der Waals surface area contributed by atoms with Gasteiger partial charge in [-0.3, -0.25) is 9.59 Å². The molecule has 1 heterocycles. The number of amides is 2. The molecule has 0 saturated carbocycles. The van der Waals surface area contributed by atoms with Crippen LogP contribution in [-0.2, 0) is 11.8 Å². The zero-order valence-corrected chi connectivity index (χ0v) is 15.4. The molecule has 144 valence electrons. The SMILES string of the molecule is Cn1ccnc1[C@@H](NC(=O)CCNC(=O)c1ccccc1)c1ccccc1F. The lowest BCUT2D eigenvalue weighted by atomic mass is 10.1. The van der Waals surface area contributed by atoms with Crippen LogP contribution in [0.3, 0.4) is 0 Å². The number of imidazole rings is 1. The lowest BCUT2D eigenvalue weighted by Gasteiger charge is -2.20. The van der Waals surface area contributed by atoms with E-state index in [0.717, 1.165) is 0 Å². The molecule has 28 heavy (non-hydrogen) atoms. The van der Waals surface area contributed by atoms with Crippen molar-refractivity contribution in [3.05, 3.63) is 89.8 Å².